The van der Waals surface area contributed by atoms with E-state index in [1.54, 1.807) is 58.3 Å². The van der Waals surface area contributed by atoms with Crippen LogP contribution >= 0.6 is 34.8 Å². The quantitative estimate of drug-likeness (QED) is 0.0444. The van der Waals surface area contributed by atoms with Gasteiger partial charge in [-0.05, 0) is 132 Å². The van der Waals surface area contributed by atoms with Gasteiger partial charge in [0.05, 0.1) is 52.2 Å². The second-order valence-electron chi connectivity index (χ2n) is 20.0. The third-order valence-electron chi connectivity index (χ3n) is 13.7. The highest BCUT2D eigenvalue weighted by Gasteiger charge is 2.30. The summed E-state index contributed by atoms with van der Waals surface area (Å²) in [5.74, 6) is 2.73. The lowest BCUT2D eigenvalue weighted by atomic mass is 10.1. The van der Waals surface area contributed by atoms with Crippen molar-refractivity contribution in [1.82, 2.24) is 4.98 Å². The van der Waals surface area contributed by atoms with Crippen molar-refractivity contribution in [3.8, 4) is 34.6 Å². The Bertz CT molecular complexity index is 4270. The molecule has 4 N–H and O–H groups in total. The number of nitro benzene ring substituents is 2. The van der Waals surface area contributed by atoms with Gasteiger partial charge in [-0.2, -0.15) is 0 Å². The van der Waals surface area contributed by atoms with E-state index in [9.17, 15) is 39.4 Å². The van der Waals surface area contributed by atoms with Crippen LogP contribution in [-0.2, 0) is 38.8 Å². The predicted molar refractivity (Wildman–Crippen MR) is 342 cm³/mol. The lowest BCUT2D eigenvalue weighted by molar-refractivity contribution is -0.385. The Morgan fingerprint density at radius 2 is 0.978 bits per heavy atom. The highest BCUT2D eigenvalue weighted by molar-refractivity contribution is 6.31. The van der Waals surface area contributed by atoms with Crippen molar-refractivity contribution in [2.24, 2.45) is 0 Å². The Morgan fingerprint density at radius 1 is 0.538 bits per heavy atom. The van der Waals surface area contributed by atoms with Gasteiger partial charge in [0.2, 0.25) is 0 Å². The first kappa shape index (κ1) is 62.6. The molecule has 0 spiro atoms. The molecular weight excluding hydrogens is 1240 g/mol. The molecule has 0 aliphatic carbocycles. The number of hydrogen-bond donors (Lipinski definition) is 3. The van der Waals surface area contributed by atoms with Crippen molar-refractivity contribution < 1.29 is 52.7 Å². The Morgan fingerprint density at radius 3 is 1.48 bits per heavy atom. The van der Waals surface area contributed by atoms with Gasteiger partial charge < -0.3 is 59.6 Å². The summed E-state index contributed by atoms with van der Waals surface area (Å²) in [5, 5.41) is 29.1. The smallest absolute Gasteiger partial charge is 0.314 e. The number of carbonyl (C=O) groups excluding carboxylic acids is 4. The normalized spacial score (nSPS) is 13.2. The molecule has 0 bridgehead atoms. The van der Waals surface area contributed by atoms with Crippen LogP contribution in [0.5, 0.6) is 34.6 Å². The number of fused-ring (bicyclic) bond motifs is 4. The summed E-state index contributed by atoms with van der Waals surface area (Å²) in [6.07, 6.45) is 0. The number of nitrogens with zero attached hydrogens (tertiary/aromatic N) is 7. The van der Waals surface area contributed by atoms with Crippen molar-refractivity contribution in [2.45, 2.75) is 19.6 Å². The first-order valence-corrected chi connectivity index (χ1v) is 28.5. The maximum absolute atomic E-state index is 12.6. The third-order valence-corrected chi connectivity index (χ3v) is 14.4. The topological polar surface area (TPSA) is 278 Å². The van der Waals surface area contributed by atoms with E-state index in [0.29, 0.717) is 97.8 Å². The Balaban J connectivity index is 0.000000141. The molecule has 0 radical (unpaired) electrons. The molecule has 9 aromatic rings. The second-order valence-corrected chi connectivity index (χ2v) is 21.3. The average Bonchev–Trinajstić information content (AvgIpc) is 0.942. The summed E-state index contributed by atoms with van der Waals surface area (Å²) in [6.45, 7) is 8.17. The van der Waals surface area contributed by atoms with Gasteiger partial charge in [-0.15, -0.1) is 0 Å². The summed E-state index contributed by atoms with van der Waals surface area (Å²) in [4.78, 5) is 80.4. The van der Waals surface area contributed by atoms with Crippen LogP contribution in [0.25, 0.3) is 4.85 Å². The van der Waals surface area contributed by atoms with Gasteiger partial charge in [-0.3, -0.25) is 39.4 Å². The molecule has 4 aliphatic rings. The van der Waals surface area contributed by atoms with Gasteiger partial charge in [0.25, 0.3) is 40.8 Å². The second kappa shape index (κ2) is 28.6. The molecule has 458 valence electrons. The summed E-state index contributed by atoms with van der Waals surface area (Å²) in [6, 6.07) is 53.6. The van der Waals surface area contributed by atoms with Crippen LogP contribution in [-0.4, -0.2) is 64.9 Å². The van der Waals surface area contributed by atoms with E-state index in [-0.39, 0.29) is 67.2 Å². The number of nitrogens with two attached hydrogens (primary N) is 1. The zero-order chi connectivity index (χ0) is 64.1. The summed E-state index contributed by atoms with van der Waals surface area (Å²) < 4.78 is 27.1. The number of non-ortho nitro benzene ring substituents is 2. The number of benzene rings is 8. The van der Waals surface area contributed by atoms with Crippen molar-refractivity contribution in [2.75, 3.05) is 57.5 Å². The molecule has 0 saturated heterocycles. The Hall–Kier alpha value is -11.5. The van der Waals surface area contributed by atoms with Gasteiger partial charge in [0, 0.05) is 62.5 Å². The molecule has 0 fully saturated rings. The number of hydrogen-bond acceptors (Lipinski definition) is 16. The van der Waals surface area contributed by atoms with Crippen molar-refractivity contribution in [3.05, 3.63) is 251 Å². The Kier molecular flexibility index (Phi) is 19.7. The first-order valence-electron chi connectivity index (χ1n) is 27.4. The first-order chi connectivity index (χ1) is 43.9. The van der Waals surface area contributed by atoms with E-state index in [0.717, 1.165) is 28.1 Å². The van der Waals surface area contributed by atoms with Crippen molar-refractivity contribution >= 4 is 115 Å². The van der Waals surface area contributed by atoms with E-state index >= 15 is 0 Å². The fourth-order valence-corrected chi connectivity index (χ4v) is 9.62. The molecule has 0 saturated carbocycles. The van der Waals surface area contributed by atoms with Crippen molar-refractivity contribution in [3.63, 3.8) is 0 Å². The highest BCUT2D eigenvalue weighted by atomic mass is 35.5. The molecule has 8 aromatic carbocycles. The number of nitro groups is 2. The summed E-state index contributed by atoms with van der Waals surface area (Å²) >= 11 is 17.7. The monoisotopic (exact) mass is 1280 g/mol. The number of pyridine rings is 1. The Labute approximate surface area is 533 Å². The molecular formula is C65H49Cl3N10O13. The van der Waals surface area contributed by atoms with E-state index in [1.807, 2.05) is 103 Å². The maximum atomic E-state index is 12.6. The van der Waals surface area contributed by atoms with Crippen LogP contribution in [0.15, 0.2) is 188 Å². The van der Waals surface area contributed by atoms with Gasteiger partial charge in [0.15, 0.2) is 26.4 Å². The minimum Gasteiger partial charge on any atom is -0.482 e. The number of amides is 4. The number of halogens is 3. The van der Waals surface area contributed by atoms with Gasteiger partial charge in [-0.25, -0.2) is 0 Å². The fraction of sp³-hybridized carbons (Fsp3) is 0.108. The molecule has 5 heterocycles. The van der Waals surface area contributed by atoms with Crippen LogP contribution in [0.4, 0.5) is 57.0 Å². The lowest BCUT2D eigenvalue weighted by Gasteiger charge is -2.30. The van der Waals surface area contributed by atoms with E-state index in [4.69, 9.17) is 70.8 Å². The van der Waals surface area contributed by atoms with Gasteiger partial charge in [0.1, 0.15) is 28.7 Å². The van der Waals surface area contributed by atoms with E-state index in [2.05, 4.69) is 20.5 Å². The minimum absolute atomic E-state index is 0.00246. The van der Waals surface area contributed by atoms with Crippen LogP contribution < -0.4 is 54.8 Å². The number of rotatable bonds is 12. The van der Waals surface area contributed by atoms with E-state index in [1.165, 1.54) is 41.3 Å². The van der Waals surface area contributed by atoms with Crippen LogP contribution in [0.3, 0.4) is 0 Å². The predicted octanol–water partition coefficient (Wildman–Crippen LogP) is 13.7. The molecule has 23 nitrogen and oxygen atoms in total. The zero-order valence-electron chi connectivity index (χ0n) is 47.5. The molecule has 91 heavy (non-hydrogen) atoms. The molecule has 0 atom stereocenters. The van der Waals surface area contributed by atoms with Crippen molar-refractivity contribution in [1.29, 1.82) is 0 Å². The van der Waals surface area contributed by atoms with E-state index < -0.39 is 9.85 Å². The number of carbonyl (C=O) groups is 4. The molecule has 13 rings (SSSR count). The number of ether oxygens (including phenoxy) is 5. The molecule has 1 aromatic heterocycles. The van der Waals surface area contributed by atoms with Gasteiger partial charge in [-0.1, -0.05) is 88.8 Å². The number of anilines is 7. The standard InChI is InChI=1S/C27H19ClN4O3.C15H11ClN2O4.C15H13ClN2O2.C8H6N2O4/c1-29-25-3-2-4-26(31-25)35-22-12-9-20(10-13-22)30-21-11-14-24-23(15-21)32(27(33)17-34-24)16-18-5-7-19(28)8-6-18;16-11-3-1-10(2-4-11)8-17-13-7-12(18(20)21)5-6-14(13)22-9-15(17)19;16-11-3-1-10(2-4-11)8-18-13-7-12(17)5-6-14(13)20-9-15(18)19;11-8-4-14-7-2-1-5(10(12)13)3-6(7)9-8/h2-15,30H,16-17H2;1-7H,8-9H2;1-7H,8-9,17H2;1-3H,4H2,(H,9,11). The van der Waals surface area contributed by atoms with Gasteiger partial charge >= 0.3 is 5.88 Å². The number of nitrogens with one attached hydrogen (secondary N) is 2. The number of nitrogen functional groups attached to an aromatic ring is 1. The minimum atomic E-state index is -0.527. The summed E-state index contributed by atoms with van der Waals surface area (Å²) in [7, 11) is 0. The molecule has 4 aliphatic heterocycles. The number of aromatic nitrogens is 1. The average molecular weight is 1280 g/mol. The molecule has 4 amide bonds. The lowest BCUT2D eigenvalue weighted by Crippen LogP contribution is -2.38. The summed E-state index contributed by atoms with van der Waals surface area (Å²) in [5.41, 5.74) is 12.9. The molecule has 26 heteroatoms. The zero-order valence-corrected chi connectivity index (χ0v) is 49.8. The van der Waals surface area contributed by atoms with Crippen LogP contribution in [0.2, 0.25) is 15.1 Å². The third kappa shape index (κ3) is 16.2. The van der Waals surface area contributed by atoms with Crippen LogP contribution in [0.1, 0.15) is 16.7 Å². The SMILES string of the molecule is Nc1ccc2c(c1)N(Cc1ccc(Cl)cc1)C(=O)CO2.O=C1COc2ccc([N+](=O)[O-])cc2N1.O=C1COc2ccc([N+](=O)[O-])cc2N1Cc1ccc(Cl)cc1.[C-]#[N+]c1cccc(Oc2ccc(Nc3ccc4c(c3)N(Cc3ccc(Cl)cc3)C(=O)CO4)cc2)n1. The molecule has 0 unspecified atom stereocenters. The largest absolute Gasteiger partial charge is 0.482 e. The maximum Gasteiger partial charge on any atom is 0.314 e. The van der Waals surface area contributed by atoms with Crippen LogP contribution in [0, 0.1) is 26.8 Å². The fourth-order valence-electron chi connectivity index (χ4n) is 9.24. The highest BCUT2D eigenvalue weighted by Crippen LogP contribution is 2.40.